The summed E-state index contributed by atoms with van der Waals surface area (Å²) in [5.74, 6) is 0. The first-order valence-electron chi connectivity index (χ1n) is 1.52. The number of rotatable bonds is 1. The Bertz CT molecular complexity index is 16.5. The van der Waals surface area contributed by atoms with Gasteiger partial charge >= 0.3 is 0 Å². The van der Waals surface area contributed by atoms with Crippen molar-refractivity contribution < 1.29 is 68.2 Å². The molecule has 0 amide bonds. The van der Waals surface area contributed by atoms with Gasteiger partial charge in [0, 0.05) is 32.5 Å². The monoisotopic (exact) mass is 345 g/mol. The van der Waals surface area contributed by atoms with Crippen LogP contribution in [-0.4, -0.2) is 11.7 Å². The summed E-state index contributed by atoms with van der Waals surface area (Å²) in [5.41, 5.74) is 0. The average Bonchev–Trinajstić information content (AvgIpc) is 1.37. The Morgan fingerprint density at radius 2 is 1.25 bits per heavy atom. The van der Waals surface area contributed by atoms with Crippen molar-refractivity contribution in [2.75, 3.05) is 6.61 Å². The molecule has 1 nitrogen and oxygen atoms in total. The van der Waals surface area contributed by atoms with Crippen LogP contribution in [0.5, 0.6) is 0 Å². The number of hydrogen-bond donors (Lipinski definition) is 1. The van der Waals surface area contributed by atoms with Crippen LogP contribution >= 0.6 is 0 Å². The minimum atomic E-state index is 0. The summed E-state index contributed by atoms with van der Waals surface area (Å²) in [6, 6.07) is 0. The minimum absolute atomic E-state index is 0. The molecule has 1 N–H and O–H groups in total. The van der Waals surface area contributed by atoms with Crippen LogP contribution in [0.3, 0.4) is 0 Å². The number of halogens is 3. The van der Waals surface area contributed by atoms with Crippen LogP contribution in [-0.2, 0) is 25.8 Å². The van der Waals surface area contributed by atoms with Crippen molar-refractivity contribution in [3.05, 3.63) is 0 Å². The third-order valence-electron chi connectivity index (χ3n) is 0.224. The van der Waals surface area contributed by atoms with Crippen molar-refractivity contribution in [2.24, 2.45) is 0 Å². The van der Waals surface area contributed by atoms with Gasteiger partial charge in [-0.15, -0.1) is 0 Å². The normalized spacial score (nSPS) is 3.75. The van der Waals surface area contributed by atoms with Gasteiger partial charge in [0.2, 0.25) is 0 Å². The molecule has 0 fully saturated rings. The topological polar surface area (TPSA) is 20.2 Å². The van der Waals surface area contributed by atoms with Gasteiger partial charge in [-0.2, -0.15) is 0 Å². The molecule has 0 atom stereocenters. The summed E-state index contributed by atoms with van der Waals surface area (Å²) in [4.78, 5) is 0. The SMILES string of the molecule is CCCO.[Cl-].[Cl-].[Cl-].[Hf]. The van der Waals surface area contributed by atoms with Crippen LogP contribution in [0.1, 0.15) is 13.3 Å². The van der Waals surface area contributed by atoms with Crippen molar-refractivity contribution in [1.29, 1.82) is 0 Å². The molecule has 8 heavy (non-hydrogen) atoms. The summed E-state index contributed by atoms with van der Waals surface area (Å²) in [6.45, 7) is 2.25. The van der Waals surface area contributed by atoms with Crippen LogP contribution in [0.25, 0.3) is 0 Å². The van der Waals surface area contributed by atoms with E-state index >= 15 is 0 Å². The zero-order valence-corrected chi connectivity index (χ0v) is 10.4. The standard InChI is InChI=1S/C3H8O.3ClH.Hf/c1-2-3-4;;;;/h4H,2-3H2,1H3;3*1H;/p-3. The van der Waals surface area contributed by atoms with E-state index in [2.05, 4.69) is 0 Å². The molecule has 0 aromatic heterocycles. The third kappa shape index (κ3) is 47.4. The second-order valence-corrected chi connectivity index (χ2v) is 0.724. The molecule has 0 saturated carbocycles. The molecule has 0 unspecified atom stereocenters. The fourth-order valence-corrected chi connectivity index (χ4v) is 0. The number of aliphatic hydroxyl groups is 1. The van der Waals surface area contributed by atoms with Gasteiger partial charge in [0.05, 0.1) is 0 Å². The van der Waals surface area contributed by atoms with Gasteiger partial charge in [-0.25, -0.2) is 0 Å². The quantitative estimate of drug-likeness (QED) is 0.469. The smallest absolute Gasteiger partial charge is 0.0428 e. The number of hydrogen-bond acceptors (Lipinski definition) is 1. The molecular formula is C3H8Cl3HfO-3. The molecular weight excluding hydrogens is 337 g/mol. The van der Waals surface area contributed by atoms with E-state index in [0.717, 1.165) is 6.42 Å². The summed E-state index contributed by atoms with van der Waals surface area (Å²) >= 11 is 0. The van der Waals surface area contributed by atoms with Crippen molar-refractivity contribution in [1.82, 2.24) is 0 Å². The van der Waals surface area contributed by atoms with Crippen LogP contribution in [0.15, 0.2) is 0 Å². The van der Waals surface area contributed by atoms with Crippen LogP contribution < -0.4 is 37.2 Å². The molecule has 0 aliphatic heterocycles. The van der Waals surface area contributed by atoms with Gasteiger partial charge in [-0.1, -0.05) is 6.92 Å². The predicted molar refractivity (Wildman–Crippen MR) is 17.4 cm³/mol. The molecule has 0 heterocycles. The molecule has 0 spiro atoms. The molecule has 0 radical (unpaired) electrons. The first-order chi connectivity index (χ1) is 1.91. The van der Waals surface area contributed by atoms with Crippen LogP contribution in [0.4, 0.5) is 0 Å². The van der Waals surface area contributed by atoms with Crippen molar-refractivity contribution >= 4 is 0 Å². The van der Waals surface area contributed by atoms with Gasteiger partial charge in [-0.05, 0) is 6.42 Å². The Hall–Kier alpha value is 1.70. The van der Waals surface area contributed by atoms with E-state index in [1.165, 1.54) is 0 Å². The second-order valence-electron chi connectivity index (χ2n) is 0.724. The van der Waals surface area contributed by atoms with Gasteiger partial charge < -0.3 is 42.3 Å². The zero-order valence-electron chi connectivity index (χ0n) is 4.50. The Balaban J connectivity index is -0.00000000750. The Labute approximate surface area is 87.6 Å². The largest absolute Gasteiger partial charge is 1.00 e. The van der Waals surface area contributed by atoms with Gasteiger partial charge in [-0.3, -0.25) is 0 Å². The molecule has 0 aliphatic rings. The Morgan fingerprint density at radius 1 is 1.12 bits per heavy atom. The average molecular weight is 345 g/mol. The van der Waals surface area contributed by atoms with E-state index in [-0.39, 0.29) is 63.1 Å². The first kappa shape index (κ1) is 33.2. The fraction of sp³-hybridized carbons (Fsp3) is 1.00. The molecule has 0 aromatic carbocycles. The molecule has 5 heteroatoms. The third-order valence-corrected chi connectivity index (χ3v) is 0.224. The van der Waals surface area contributed by atoms with E-state index < -0.39 is 0 Å². The predicted octanol–water partition coefficient (Wildman–Crippen LogP) is -8.60. The number of aliphatic hydroxyl groups excluding tert-OH is 1. The van der Waals surface area contributed by atoms with E-state index in [1.54, 1.807) is 0 Å². The molecule has 0 rings (SSSR count). The molecule has 0 aliphatic carbocycles. The van der Waals surface area contributed by atoms with E-state index in [1.807, 2.05) is 6.92 Å². The second kappa shape index (κ2) is 37.7. The molecule has 0 bridgehead atoms. The van der Waals surface area contributed by atoms with E-state index in [9.17, 15) is 0 Å². The van der Waals surface area contributed by atoms with E-state index in [4.69, 9.17) is 5.11 Å². The maximum Gasteiger partial charge on any atom is 0.0428 e. The molecule has 0 saturated heterocycles. The maximum atomic E-state index is 7.88. The van der Waals surface area contributed by atoms with Crippen molar-refractivity contribution in [2.45, 2.75) is 13.3 Å². The van der Waals surface area contributed by atoms with Crippen LogP contribution in [0, 0.1) is 0 Å². The minimum Gasteiger partial charge on any atom is -1.00 e. The first-order valence-corrected chi connectivity index (χ1v) is 1.52. The fourth-order valence-electron chi connectivity index (χ4n) is 0. The Kier molecular flexibility index (Phi) is 157. The van der Waals surface area contributed by atoms with Gasteiger partial charge in [0.15, 0.2) is 0 Å². The molecule has 0 aromatic rings. The maximum absolute atomic E-state index is 7.88. The van der Waals surface area contributed by atoms with Crippen LogP contribution in [0.2, 0.25) is 0 Å². The summed E-state index contributed by atoms with van der Waals surface area (Å²) in [5, 5.41) is 7.88. The van der Waals surface area contributed by atoms with E-state index in [0.29, 0.717) is 6.61 Å². The summed E-state index contributed by atoms with van der Waals surface area (Å²) < 4.78 is 0. The van der Waals surface area contributed by atoms with Crippen molar-refractivity contribution in [3.63, 3.8) is 0 Å². The molecule has 54 valence electrons. The zero-order chi connectivity index (χ0) is 3.41. The van der Waals surface area contributed by atoms with Gasteiger partial charge in [0.25, 0.3) is 0 Å². The van der Waals surface area contributed by atoms with Gasteiger partial charge in [0.1, 0.15) is 0 Å². The summed E-state index contributed by atoms with van der Waals surface area (Å²) in [7, 11) is 0. The summed E-state index contributed by atoms with van der Waals surface area (Å²) in [6.07, 6.45) is 0.875. The van der Waals surface area contributed by atoms with Crippen molar-refractivity contribution in [3.8, 4) is 0 Å². The Morgan fingerprint density at radius 3 is 1.25 bits per heavy atom.